The maximum absolute atomic E-state index is 13.0. The summed E-state index contributed by atoms with van der Waals surface area (Å²) in [5.74, 6) is -0.177. The fraction of sp³-hybridized carbons (Fsp3) is 0.320. The molecule has 1 fully saturated rings. The van der Waals surface area contributed by atoms with Gasteiger partial charge in [0.15, 0.2) is 10.6 Å². The van der Waals surface area contributed by atoms with E-state index in [1.165, 1.54) is 11.3 Å². The summed E-state index contributed by atoms with van der Waals surface area (Å²) < 4.78 is 7.69. The topological polar surface area (TPSA) is 76.5 Å². The Kier molecular flexibility index (Phi) is 5.97. The highest BCUT2D eigenvalue weighted by Crippen LogP contribution is 2.21. The second-order valence-corrected chi connectivity index (χ2v) is 9.45. The van der Waals surface area contributed by atoms with Gasteiger partial charge in [0, 0.05) is 35.8 Å². The van der Waals surface area contributed by atoms with Gasteiger partial charge in [0.25, 0.3) is 0 Å². The van der Waals surface area contributed by atoms with Crippen LogP contribution in [-0.2, 0) is 22.6 Å². The molecule has 4 aromatic rings. The van der Waals surface area contributed by atoms with Crippen molar-refractivity contribution in [2.24, 2.45) is 0 Å². The van der Waals surface area contributed by atoms with Crippen LogP contribution in [-0.4, -0.2) is 45.7 Å². The number of benzene rings is 2. The first-order chi connectivity index (χ1) is 16.0. The molecule has 7 nitrogen and oxygen atoms in total. The Hall–Kier alpha value is -3.07. The average Bonchev–Trinajstić information content (AvgIpc) is 3.22. The maximum Gasteiger partial charge on any atom is 0.246 e. The normalized spacial score (nSPS) is 19.2. The fourth-order valence-corrected chi connectivity index (χ4v) is 5.35. The van der Waals surface area contributed by atoms with Gasteiger partial charge in [-0.05, 0) is 38.1 Å². The van der Waals surface area contributed by atoms with E-state index in [1.807, 2.05) is 46.3 Å². The lowest BCUT2D eigenvalue weighted by Crippen LogP contribution is -2.44. The Morgan fingerprint density at radius 2 is 1.67 bits per heavy atom. The zero-order chi connectivity index (χ0) is 22.9. The predicted octanol–water partition coefficient (Wildman–Crippen LogP) is 3.86. The molecule has 170 valence electrons. The maximum atomic E-state index is 13.0. The summed E-state index contributed by atoms with van der Waals surface area (Å²) in [4.78, 5) is 32.8. The van der Waals surface area contributed by atoms with Gasteiger partial charge in [0.05, 0.1) is 28.9 Å². The van der Waals surface area contributed by atoms with E-state index in [4.69, 9.17) is 4.74 Å². The largest absolute Gasteiger partial charge is 0.373 e. The van der Waals surface area contributed by atoms with Crippen LogP contribution in [0.3, 0.4) is 0 Å². The quantitative estimate of drug-likeness (QED) is 0.456. The van der Waals surface area contributed by atoms with Gasteiger partial charge in [-0.1, -0.05) is 24.3 Å². The first-order valence-electron chi connectivity index (χ1n) is 11.1. The summed E-state index contributed by atoms with van der Waals surface area (Å²) in [6.07, 6.45) is 0.405. The van der Waals surface area contributed by atoms with Crippen molar-refractivity contribution in [2.75, 3.05) is 18.4 Å². The highest BCUT2D eigenvalue weighted by molar-refractivity contribution is 7.13. The molecule has 0 radical (unpaired) electrons. The van der Waals surface area contributed by atoms with Gasteiger partial charge in [0.2, 0.25) is 5.91 Å². The van der Waals surface area contributed by atoms with E-state index in [0.29, 0.717) is 15.9 Å². The number of fused-ring (bicyclic) bond motifs is 2. The van der Waals surface area contributed by atoms with Crippen LogP contribution in [0.1, 0.15) is 19.5 Å². The Bertz CT molecular complexity index is 1310. The minimum atomic E-state index is -0.177. The third kappa shape index (κ3) is 4.55. The molecule has 2 atom stereocenters. The molecule has 2 aromatic carbocycles. The van der Waals surface area contributed by atoms with Crippen LogP contribution in [0, 0.1) is 0 Å². The van der Waals surface area contributed by atoms with Crippen LogP contribution in [0.2, 0.25) is 0 Å². The highest BCUT2D eigenvalue weighted by atomic mass is 32.1. The van der Waals surface area contributed by atoms with Crippen molar-refractivity contribution in [1.82, 2.24) is 14.5 Å². The number of pyridine rings is 1. The third-order valence-electron chi connectivity index (χ3n) is 5.86. The van der Waals surface area contributed by atoms with E-state index in [2.05, 4.69) is 29.0 Å². The molecular weight excluding hydrogens is 436 g/mol. The number of nitrogens with one attached hydrogen (secondary N) is 1. The molecule has 0 aliphatic carbocycles. The third-order valence-corrected chi connectivity index (χ3v) is 6.67. The second kappa shape index (κ2) is 9.05. The minimum absolute atomic E-state index is 0.0193. The summed E-state index contributed by atoms with van der Waals surface area (Å²) in [5, 5.41) is 6.72. The fourth-order valence-electron chi connectivity index (χ4n) is 4.63. The molecule has 1 saturated heterocycles. The summed E-state index contributed by atoms with van der Waals surface area (Å²) in [5.41, 5.74) is 2.41. The number of amides is 1. The van der Waals surface area contributed by atoms with Crippen LogP contribution in [0.4, 0.5) is 5.13 Å². The number of nitrogens with zero attached hydrogens (tertiary/aromatic N) is 3. The molecule has 33 heavy (non-hydrogen) atoms. The Morgan fingerprint density at radius 1 is 1.06 bits per heavy atom. The lowest BCUT2D eigenvalue weighted by atomic mass is 10.1. The van der Waals surface area contributed by atoms with Crippen molar-refractivity contribution in [3.63, 3.8) is 0 Å². The van der Waals surface area contributed by atoms with Gasteiger partial charge in [-0.2, -0.15) is 0 Å². The molecule has 1 N–H and O–H groups in total. The molecule has 1 aliphatic heterocycles. The molecule has 0 saturated carbocycles. The summed E-state index contributed by atoms with van der Waals surface area (Å²) in [6, 6.07) is 14.8. The number of morpholine rings is 1. The molecule has 2 unspecified atom stereocenters. The molecule has 5 rings (SSSR count). The van der Waals surface area contributed by atoms with Crippen LogP contribution in [0.5, 0.6) is 0 Å². The van der Waals surface area contributed by atoms with Crippen molar-refractivity contribution in [2.45, 2.75) is 39.1 Å². The van der Waals surface area contributed by atoms with Gasteiger partial charge in [-0.25, -0.2) is 4.98 Å². The van der Waals surface area contributed by atoms with E-state index >= 15 is 0 Å². The molecule has 8 heteroatoms. The Balaban J connectivity index is 1.35. The number of anilines is 1. The van der Waals surface area contributed by atoms with Crippen LogP contribution in [0.25, 0.3) is 21.8 Å². The Labute approximate surface area is 195 Å². The molecule has 2 aromatic heterocycles. The smallest absolute Gasteiger partial charge is 0.246 e. The molecular formula is C25H26N4O3S. The van der Waals surface area contributed by atoms with Crippen molar-refractivity contribution in [3.05, 3.63) is 69.8 Å². The number of carbonyl (C=O) groups excluding carboxylic acids is 1. The lowest BCUT2D eigenvalue weighted by molar-refractivity contribution is -0.116. The van der Waals surface area contributed by atoms with E-state index in [-0.39, 0.29) is 30.1 Å². The first kappa shape index (κ1) is 21.8. The SMILES string of the molecule is CC1CN(Cc2csc(NC(=O)Cn3c4ccccc4c(=O)c4ccccc43)n2)CC(C)O1. The van der Waals surface area contributed by atoms with Gasteiger partial charge >= 0.3 is 0 Å². The lowest BCUT2D eigenvalue weighted by Gasteiger charge is -2.34. The number of hydrogen-bond acceptors (Lipinski definition) is 6. The number of aromatic nitrogens is 2. The standard InChI is InChI=1S/C25H26N4O3S/c1-16-11-28(12-17(2)32-16)13-18-15-33-25(26-18)27-23(30)14-29-21-9-5-3-7-19(21)24(31)20-8-4-6-10-22(20)29/h3-10,15-17H,11-14H2,1-2H3,(H,26,27,30). The molecule has 0 bridgehead atoms. The van der Waals surface area contributed by atoms with Crippen molar-refractivity contribution >= 4 is 44.2 Å². The van der Waals surface area contributed by atoms with Gasteiger partial charge in [-0.3, -0.25) is 14.5 Å². The van der Waals surface area contributed by atoms with E-state index < -0.39 is 0 Å². The summed E-state index contributed by atoms with van der Waals surface area (Å²) in [6.45, 7) is 6.74. The number of para-hydroxylation sites is 2. The van der Waals surface area contributed by atoms with Crippen LogP contribution >= 0.6 is 11.3 Å². The Morgan fingerprint density at radius 3 is 2.30 bits per heavy atom. The molecule has 0 spiro atoms. The van der Waals surface area contributed by atoms with Crippen molar-refractivity contribution in [3.8, 4) is 0 Å². The van der Waals surface area contributed by atoms with E-state index in [1.54, 1.807) is 12.1 Å². The minimum Gasteiger partial charge on any atom is -0.373 e. The number of rotatable bonds is 5. The number of thiazole rings is 1. The van der Waals surface area contributed by atoms with E-state index in [0.717, 1.165) is 36.4 Å². The molecule has 1 aliphatic rings. The van der Waals surface area contributed by atoms with E-state index in [9.17, 15) is 9.59 Å². The van der Waals surface area contributed by atoms with Crippen LogP contribution < -0.4 is 10.7 Å². The first-order valence-corrected chi connectivity index (χ1v) is 12.0. The summed E-state index contributed by atoms with van der Waals surface area (Å²) in [7, 11) is 0. The van der Waals surface area contributed by atoms with Gasteiger partial charge in [-0.15, -0.1) is 11.3 Å². The number of carbonyl (C=O) groups is 1. The van der Waals surface area contributed by atoms with Gasteiger partial charge < -0.3 is 14.6 Å². The van der Waals surface area contributed by atoms with Crippen molar-refractivity contribution in [1.29, 1.82) is 0 Å². The van der Waals surface area contributed by atoms with Gasteiger partial charge in [0.1, 0.15) is 6.54 Å². The monoisotopic (exact) mass is 462 g/mol. The predicted molar refractivity (Wildman–Crippen MR) is 132 cm³/mol. The zero-order valence-electron chi connectivity index (χ0n) is 18.7. The molecule has 1 amide bonds. The average molecular weight is 463 g/mol. The van der Waals surface area contributed by atoms with Crippen molar-refractivity contribution < 1.29 is 9.53 Å². The second-order valence-electron chi connectivity index (χ2n) is 8.59. The number of ether oxygens (including phenoxy) is 1. The highest BCUT2D eigenvalue weighted by Gasteiger charge is 2.23. The van der Waals surface area contributed by atoms with Crippen LogP contribution in [0.15, 0.2) is 58.7 Å². The zero-order valence-corrected chi connectivity index (χ0v) is 19.5. The number of hydrogen-bond donors (Lipinski definition) is 1. The molecule has 3 heterocycles. The summed E-state index contributed by atoms with van der Waals surface area (Å²) >= 11 is 1.43.